The van der Waals surface area contributed by atoms with Gasteiger partial charge in [0.25, 0.3) is 0 Å². The van der Waals surface area contributed by atoms with Crippen molar-refractivity contribution in [2.75, 3.05) is 0 Å². The summed E-state index contributed by atoms with van der Waals surface area (Å²) in [4.78, 5) is 0. The molecule has 0 bridgehead atoms. The fraction of sp³-hybridized carbons (Fsp3) is 0.586. The van der Waals surface area contributed by atoms with Crippen LogP contribution in [0.25, 0.3) is 0 Å². The van der Waals surface area contributed by atoms with Crippen LogP contribution in [0.5, 0.6) is 0 Å². The van der Waals surface area contributed by atoms with Crippen LogP contribution in [0.2, 0.25) is 0 Å². The Labute approximate surface area is 178 Å². The first-order valence-corrected chi connectivity index (χ1v) is 11.7. The van der Waals surface area contributed by atoms with Crippen molar-refractivity contribution >= 4 is 0 Å². The molecule has 4 aliphatic carbocycles. The highest BCUT2D eigenvalue weighted by Gasteiger charge is 2.75. The molecule has 154 valence electrons. The van der Waals surface area contributed by atoms with Gasteiger partial charge in [0.15, 0.2) is 0 Å². The molecule has 0 aromatic heterocycles. The Hall–Kier alpha value is -1.56. The van der Waals surface area contributed by atoms with Crippen LogP contribution in [0.15, 0.2) is 60.2 Å². The highest BCUT2D eigenvalue weighted by Crippen LogP contribution is 2.81. The fourth-order valence-electron chi connectivity index (χ4n) is 8.96. The maximum Gasteiger partial charge on any atom is 0.00181 e. The Balaban J connectivity index is 1.80. The summed E-state index contributed by atoms with van der Waals surface area (Å²) in [6, 6.07) is 9.22. The highest BCUT2D eigenvalue weighted by molar-refractivity contribution is 5.51. The molecule has 0 aliphatic heterocycles. The molecule has 0 saturated heterocycles. The van der Waals surface area contributed by atoms with Gasteiger partial charge in [0.05, 0.1) is 0 Å². The van der Waals surface area contributed by atoms with Gasteiger partial charge in [-0.3, -0.25) is 0 Å². The second-order valence-corrected chi connectivity index (χ2v) is 11.7. The maximum absolute atomic E-state index is 2.76. The maximum atomic E-state index is 2.76. The van der Waals surface area contributed by atoms with Gasteiger partial charge in [-0.2, -0.15) is 0 Å². The van der Waals surface area contributed by atoms with Crippen LogP contribution in [-0.4, -0.2) is 0 Å². The molecule has 0 amide bonds. The third-order valence-corrected chi connectivity index (χ3v) is 11.8. The third-order valence-electron chi connectivity index (χ3n) is 11.8. The predicted molar refractivity (Wildman–Crippen MR) is 124 cm³/mol. The van der Waals surface area contributed by atoms with Gasteiger partial charge in [0.2, 0.25) is 0 Å². The molecule has 0 radical (unpaired) electrons. The molecule has 0 heteroatoms. The standard InChI is InChI=1S/C29H38/c1-19-24-14-10-9-13-22(24)17-23-18-27(6)20(2)25(4)15-11-12-16-26(25,5)21(3)29(27,8)28(19,23)7/h9-16,18-21H,17H2,1-8H3. The summed E-state index contributed by atoms with van der Waals surface area (Å²) >= 11 is 0. The molecule has 0 heterocycles. The monoisotopic (exact) mass is 386 g/mol. The summed E-state index contributed by atoms with van der Waals surface area (Å²) in [7, 11) is 0. The van der Waals surface area contributed by atoms with Crippen LogP contribution in [0.3, 0.4) is 0 Å². The van der Waals surface area contributed by atoms with Gasteiger partial charge in [-0.25, -0.2) is 0 Å². The highest BCUT2D eigenvalue weighted by atomic mass is 14.8. The van der Waals surface area contributed by atoms with Gasteiger partial charge >= 0.3 is 0 Å². The molecular weight excluding hydrogens is 348 g/mol. The lowest BCUT2D eigenvalue weighted by Crippen LogP contribution is -2.67. The molecule has 4 aliphatic rings. The van der Waals surface area contributed by atoms with E-state index in [1.54, 1.807) is 16.7 Å². The molecule has 29 heavy (non-hydrogen) atoms. The molecule has 5 rings (SSSR count). The third kappa shape index (κ3) is 1.77. The van der Waals surface area contributed by atoms with Crippen LogP contribution in [0.4, 0.5) is 0 Å². The van der Waals surface area contributed by atoms with Gasteiger partial charge in [0, 0.05) is 5.41 Å². The summed E-state index contributed by atoms with van der Waals surface area (Å²) in [5.74, 6) is 1.69. The van der Waals surface area contributed by atoms with Gasteiger partial charge in [-0.05, 0) is 57.0 Å². The summed E-state index contributed by atoms with van der Waals surface area (Å²) in [6.07, 6.45) is 13.6. The van der Waals surface area contributed by atoms with Crippen LogP contribution in [0.1, 0.15) is 72.4 Å². The molecule has 1 aromatic rings. The zero-order valence-corrected chi connectivity index (χ0v) is 19.6. The zero-order chi connectivity index (χ0) is 21.0. The molecule has 8 atom stereocenters. The Morgan fingerprint density at radius 3 is 2.00 bits per heavy atom. The molecule has 0 nitrogen and oxygen atoms in total. The van der Waals surface area contributed by atoms with Crippen molar-refractivity contribution in [1.29, 1.82) is 0 Å². The second-order valence-electron chi connectivity index (χ2n) is 11.7. The largest absolute Gasteiger partial charge is 0.0776 e. The summed E-state index contributed by atoms with van der Waals surface area (Å²) in [5, 5.41) is 0. The first kappa shape index (κ1) is 19.4. The van der Waals surface area contributed by atoms with Crippen LogP contribution in [0, 0.1) is 38.9 Å². The molecule has 1 saturated carbocycles. The van der Waals surface area contributed by atoms with Gasteiger partial charge in [0.1, 0.15) is 0 Å². The van der Waals surface area contributed by atoms with Crippen molar-refractivity contribution in [3.05, 3.63) is 71.3 Å². The lowest BCUT2D eigenvalue weighted by Gasteiger charge is -2.72. The number of allylic oxidation sites excluding steroid dienone is 6. The number of hydrogen-bond donors (Lipinski definition) is 0. The van der Waals surface area contributed by atoms with E-state index in [9.17, 15) is 0 Å². The lowest BCUT2D eigenvalue weighted by atomic mass is 9.31. The average molecular weight is 387 g/mol. The van der Waals surface area contributed by atoms with E-state index >= 15 is 0 Å². The first-order chi connectivity index (χ1) is 13.5. The van der Waals surface area contributed by atoms with Crippen molar-refractivity contribution < 1.29 is 0 Å². The van der Waals surface area contributed by atoms with Crippen molar-refractivity contribution in [3.63, 3.8) is 0 Å². The Morgan fingerprint density at radius 2 is 1.34 bits per heavy atom. The van der Waals surface area contributed by atoms with Crippen molar-refractivity contribution in [1.82, 2.24) is 0 Å². The van der Waals surface area contributed by atoms with E-state index < -0.39 is 0 Å². The molecule has 1 aromatic carbocycles. The van der Waals surface area contributed by atoms with Gasteiger partial charge in [-0.1, -0.05) is 116 Å². The minimum Gasteiger partial charge on any atom is -0.0776 e. The Kier molecular flexibility index (Phi) is 3.59. The Morgan fingerprint density at radius 1 is 0.759 bits per heavy atom. The normalized spacial score (nSPS) is 52.3. The van der Waals surface area contributed by atoms with E-state index in [-0.39, 0.29) is 27.1 Å². The van der Waals surface area contributed by atoms with E-state index in [1.165, 1.54) is 0 Å². The lowest BCUT2D eigenvalue weighted by molar-refractivity contribution is -0.199. The first-order valence-electron chi connectivity index (χ1n) is 11.7. The smallest absolute Gasteiger partial charge is 0.00181 e. The molecule has 0 N–H and O–H groups in total. The summed E-state index contributed by atoms with van der Waals surface area (Å²) in [6.45, 7) is 20.6. The summed E-state index contributed by atoms with van der Waals surface area (Å²) < 4.78 is 0. The minimum absolute atomic E-state index is 0.165. The van der Waals surface area contributed by atoms with Crippen molar-refractivity contribution in [3.8, 4) is 0 Å². The molecule has 1 fully saturated rings. The van der Waals surface area contributed by atoms with Crippen molar-refractivity contribution in [2.45, 2.75) is 67.7 Å². The molecule has 8 unspecified atom stereocenters. The van der Waals surface area contributed by atoms with Crippen LogP contribution in [-0.2, 0) is 6.42 Å². The van der Waals surface area contributed by atoms with Crippen molar-refractivity contribution in [2.24, 2.45) is 38.9 Å². The number of fused-ring (bicyclic) bond motifs is 5. The van der Waals surface area contributed by atoms with Gasteiger partial charge < -0.3 is 0 Å². The Bertz CT molecular complexity index is 978. The molecule has 0 spiro atoms. The molecular formula is C29H38. The van der Waals surface area contributed by atoms with E-state index in [0.29, 0.717) is 17.8 Å². The summed E-state index contributed by atoms with van der Waals surface area (Å²) in [5.41, 5.74) is 5.72. The fourth-order valence-corrected chi connectivity index (χ4v) is 8.96. The van der Waals surface area contributed by atoms with E-state index in [2.05, 4.69) is 110 Å². The van der Waals surface area contributed by atoms with E-state index in [1.807, 2.05) is 0 Å². The van der Waals surface area contributed by atoms with E-state index in [0.717, 1.165) is 6.42 Å². The SMILES string of the molecule is CC1C2(C)C=CC=CC2(C)C(C)C2(C)C1(C)C=C1Cc3ccccc3C(C)C12C. The number of benzene rings is 1. The van der Waals surface area contributed by atoms with Crippen LogP contribution >= 0.6 is 0 Å². The average Bonchev–Trinajstić information content (AvgIpc) is 2.89. The minimum atomic E-state index is 0.165. The number of hydrogen-bond acceptors (Lipinski definition) is 0. The predicted octanol–water partition coefficient (Wildman–Crippen LogP) is 7.73. The topological polar surface area (TPSA) is 0 Å². The zero-order valence-electron chi connectivity index (χ0n) is 19.6. The van der Waals surface area contributed by atoms with Crippen LogP contribution < -0.4 is 0 Å². The second kappa shape index (κ2) is 5.37. The quantitative estimate of drug-likeness (QED) is 0.400. The van der Waals surface area contributed by atoms with Gasteiger partial charge in [-0.15, -0.1) is 0 Å². The number of rotatable bonds is 0. The van der Waals surface area contributed by atoms with E-state index in [4.69, 9.17) is 0 Å².